The highest BCUT2D eigenvalue weighted by molar-refractivity contribution is 5.97. The first-order chi connectivity index (χ1) is 16.0. The van der Waals surface area contributed by atoms with E-state index in [1.807, 2.05) is 29.4 Å². The molecule has 33 heavy (non-hydrogen) atoms. The molecule has 2 aromatic heterocycles. The lowest BCUT2D eigenvalue weighted by Crippen LogP contribution is -2.49. The molecule has 0 N–H and O–H groups in total. The lowest BCUT2D eigenvalue weighted by atomic mass is 10.1. The third kappa shape index (κ3) is 4.34. The maximum Gasteiger partial charge on any atom is 0.261 e. The molecule has 0 spiro atoms. The Morgan fingerprint density at radius 2 is 1.67 bits per heavy atom. The van der Waals surface area contributed by atoms with Gasteiger partial charge in [0, 0.05) is 56.5 Å². The third-order valence-electron chi connectivity index (χ3n) is 6.66. The number of benzene rings is 1. The van der Waals surface area contributed by atoms with E-state index in [2.05, 4.69) is 14.9 Å². The number of carbonyl (C=O) groups excluding carboxylic acids is 1. The molecule has 2 aliphatic heterocycles. The van der Waals surface area contributed by atoms with Gasteiger partial charge >= 0.3 is 0 Å². The van der Waals surface area contributed by atoms with Crippen molar-refractivity contribution >= 4 is 22.6 Å². The number of anilines is 1. The number of aromatic nitrogens is 4. The van der Waals surface area contributed by atoms with E-state index in [1.54, 1.807) is 18.2 Å². The summed E-state index contributed by atoms with van der Waals surface area (Å²) >= 11 is 0. The van der Waals surface area contributed by atoms with E-state index < -0.39 is 0 Å². The predicted molar refractivity (Wildman–Crippen MR) is 128 cm³/mol. The number of carbonyl (C=O) groups is 1. The van der Waals surface area contributed by atoms with Gasteiger partial charge in [-0.15, -0.1) is 0 Å². The van der Waals surface area contributed by atoms with E-state index in [0.717, 1.165) is 68.5 Å². The molecule has 3 aromatic rings. The SMILES string of the molecule is Cc1cc(N2CCN(C(=O)c3ccc4c(=O)n5c(nc4c3)CCCCCC5)CC2)nc(C)n1. The van der Waals surface area contributed by atoms with Crippen molar-refractivity contribution in [3.63, 3.8) is 0 Å². The van der Waals surface area contributed by atoms with Crippen molar-refractivity contribution < 1.29 is 4.79 Å². The molecule has 0 bridgehead atoms. The lowest BCUT2D eigenvalue weighted by Gasteiger charge is -2.35. The molecule has 0 aliphatic carbocycles. The van der Waals surface area contributed by atoms with E-state index in [1.165, 1.54) is 6.42 Å². The maximum absolute atomic E-state index is 13.2. The van der Waals surface area contributed by atoms with Gasteiger partial charge in [-0.3, -0.25) is 14.2 Å². The largest absolute Gasteiger partial charge is 0.353 e. The Labute approximate surface area is 193 Å². The van der Waals surface area contributed by atoms with Gasteiger partial charge in [0.1, 0.15) is 17.5 Å². The molecule has 0 radical (unpaired) electrons. The minimum Gasteiger partial charge on any atom is -0.353 e. The van der Waals surface area contributed by atoms with Crippen molar-refractivity contribution in [2.75, 3.05) is 31.1 Å². The van der Waals surface area contributed by atoms with Crippen LogP contribution in [-0.4, -0.2) is 56.5 Å². The molecular formula is C25H30N6O2. The van der Waals surface area contributed by atoms with Crippen LogP contribution in [0.1, 0.15) is 53.4 Å². The average molecular weight is 447 g/mol. The summed E-state index contributed by atoms with van der Waals surface area (Å²) in [5.74, 6) is 2.51. The van der Waals surface area contributed by atoms with E-state index in [0.29, 0.717) is 29.6 Å². The second-order valence-corrected chi connectivity index (χ2v) is 9.07. The summed E-state index contributed by atoms with van der Waals surface area (Å²) in [6, 6.07) is 7.32. The van der Waals surface area contributed by atoms with Crippen molar-refractivity contribution in [3.8, 4) is 0 Å². The monoisotopic (exact) mass is 446 g/mol. The topological polar surface area (TPSA) is 84.2 Å². The first-order valence-corrected chi connectivity index (χ1v) is 11.9. The Bertz CT molecular complexity index is 1240. The van der Waals surface area contributed by atoms with E-state index in [-0.39, 0.29) is 11.5 Å². The summed E-state index contributed by atoms with van der Waals surface area (Å²) in [6.07, 6.45) is 5.20. The van der Waals surface area contributed by atoms with Gasteiger partial charge in [-0.05, 0) is 44.9 Å². The van der Waals surface area contributed by atoms with E-state index in [9.17, 15) is 9.59 Å². The quantitative estimate of drug-likeness (QED) is 0.602. The summed E-state index contributed by atoms with van der Waals surface area (Å²) in [5, 5.41) is 0.593. The second kappa shape index (κ2) is 8.92. The molecule has 1 saturated heterocycles. The molecule has 8 heteroatoms. The number of rotatable bonds is 2. The fourth-order valence-electron chi connectivity index (χ4n) is 4.91. The van der Waals surface area contributed by atoms with E-state index >= 15 is 0 Å². The molecule has 5 rings (SSSR count). The molecule has 172 valence electrons. The summed E-state index contributed by atoms with van der Waals surface area (Å²) in [6.45, 7) is 7.30. The first kappa shape index (κ1) is 21.6. The smallest absolute Gasteiger partial charge is 0.261 e. The van der Waals surface area contributed by atoms with Crippen molar-refractivity contribution in [1.82, 2.24) is 24.4 Å². The first-order valence-electron chi connectivity index (χ1n) is 11.9. The molecular weight excluding hydrogens is 416 g/mol. The summed E-state index contributed by atoms with van der Waals surface area (Å²) in [7, 11) is 0. The molecule has 1 amide bonds. The number of amides is 1. The Morgan fingerprint density at radius 1 is 0.879 bits per heavy atom. The minimum atomic E-state index is -0.0137. The summed E-state index contributed by atoms with van der Waals surface area (Å²) in [5.41, 5.74) is 2.18. The van der Waals surface area contributed by atoms with E-state index in [4.69, 9.17) is 4.98 Å². The van der Waals surface area contributed by atoms with Crippen LogP contribution in [0.5, 0.6) is 0 Å². The molecule has 2 aliphatic rings. The van der Waals surface area contributed by atoms with Gasteiger partial charge in [0.2, 0.25) is 0 Å². The fourth-order valence-corrected chi connectivity index (χ4v) is 4.91. The van der Waals surface area contributed by atoms with Crippen LogP contribution in [0.3, 0.4) is 0 Å². The van der Waals surface area contributed by atoms with Gasteiger partial charge in [0.15, 0.2) is 0 Å². The summed E-state index contributed by atoms with van der Waals surface area (Å²) in [4.78, 5) is 44.1. The Balaban J connectivity index is 1.35. The fraction of sp³-hybridized carbons (Fsp3) is 0.480. The number of piperazine rings is 1. The van der Waals surface area contributed by atoms with Crippen molar-refractivity contribution in [1.29, 1.82) is 0 Å². The van der Waals surface area contributed by atoms with Crippen LogP contribution in [0.4, 0.5) is 5.82 Å². The van der Waals surface area contributed by atoms with Crippen LogP contribution >= 0.6 is 0 Å². The van der Waals surface area contributed by atoms with Gasteiger partial charge in [-0.2, -0.15) is 0 Å². The highest BCUT2D eigenvalue weighted by atomic mass is 16.2. The van der Waals surface area contributed by atoms with Gasteiger partial charge < -0.3 is 9.80 Å². The van der Waals surface area contributed by atoms with Crippen LogP contribution in [0, 0.1) is 13.8 Å². The van der Waals surface area contributed by atoms with Gasteiger partial charge in [0.25, 0.3) is 11.5 Å². The number of hydrogen-bond donors (Lipinski definition) is 0. The van der Waals surface area contributed by atoms with Gasteiger partial charge in [0.05, 0.1) is 10.9 Å². The third-order valence-corrected chi connectivity index (χ3v) is 6.66. The van der Waals surface area contributed by atoms with Gasteiger partial charge in [-0.25, -0.2) is 15.0 Å². The average Bonchev–Trinajstić information content (AvgIpc) is 2.79. The molecule has 1 fully saturated rings. The number of aryl methyl sites for hydroxylation is 3. The van der Waals surface area contributed by atoms with Crippen molar-refractivity contribution in [2.45, 2.75) is 52.5 Å². The zero-order chi connectivity index (χ0) is 22.9. The number of fused-ring (bicyclic) bond motifs is 2. The maximum atomic E-state index is 13.2. The molecule has 0 unspecified atom stereocenters. The highest BCUT2D eigenvalue weighted by Gasteiger charge is 2.24. The van der Waals surface area contributed by atoms with Crippen molar-refractivity contribution in [3.05, 3.63) is 57.5 Å². The molecule has 4 heterocycles. The highest BCUT2D eigenvalue weighted by Crippen LogP contribution is 2.19. The Morgan fingerprint density at radius 3 is 2.45 bits per heavy atom. The lowest BCUT2D eigenvalue weighted by molar-refractivity contribution is 0.0746. The van der Waals surface area contributed by atoms with Crippen LogP contribution in [0.25, 0.3) is 10.9 Å². The normalized spacial score (nSPS) is 16.9. The zero-order valence-electron chi connectivity index (χ0n) is 19.4. The van der Waals surface area contributed by atoms with Crippen molar-refractivity contribution in [2.24, 2.45) is 0 Å². The Hall–Kier alpha value is -3.29. The molecule has 1 aromatic carbocycles. The van der Waals surface area contributed by atoms with Crippen LogP contribution < -0.4 is 10.5 Å². The van der Waals surface area contributed by atoms with Crippen LogP contribution in [0.15, 0.2) is 29.1 Å². The summed E-state index contributed by atoms with van der Waals surface area (Å²) < 4.78 is 1.83. The standard InChI is InChI=1S/C25H30N6O2/c1-17-15-23(27-18(2)26-17)29-11-13-30(14-12-29)24(32)19-8-9-20-21(16-19)28-22-7-5-3-4-6-10-31(22)25(20)33/h8-9,15-16H,3-7,10-14H2,1-2H3. The zero-order valence-corrected chi connectivity index (χ0v) is 19.4. The second-order valence-electron chi connectivity index (χ2n) is 9.07. The molecule has 8 nitrogen and oxygen atoms in total. The number of nitrogens with zero attached hydrogens (tertiary/aromatic N) is 6. The molecule has 0 atom stereocenters. The molecule has 0 saturated carbocycles. The predicted octanol–water partition coefficient (Wildman–Crippen LogP) is 2.88. The van der Waals surface area contributed by atoms with Crippen LogP contribution in [0.2, 0.25) is 0 Å². The van der Waals surface area contributed by atoms with Gasteiger partial charge in [-0.1, -0.05) is 12.8 Å². The number of hydrogen-bond acceptors (Lipinski definition) is 6. The van der Waals surface area contributed by atoms with Crippen LogP contribution in [-0.2, 0) is 13.0 Å². The Kier molecular flexibility index (Phi) is 5.83. The minimum absolute atomic E-state index is 0.0137.